The molecule has 6 heteroatoms. The van der Waals surface area contributed by atoms with E-state index in [4.69, 9.17) is 11.6 Å². The number of rotatable bonds is 4. The highest BCUT2D eigenvalue weighted by Gasteiger charge is 2.30. The predicted molar refractivity (Wildman–Crippen MR) is 65.9 cm³/mol. The van der Waals surface area contributed by atoms with Gasteiger partial charge in [-0.1, -0.05) is 11.6 Å². The summed E-state index contributed by atoms with van der Waals surface area (Å²) < 4.78 is 37.5. The standard InChI is InChI=1S/C12H15ClF3NO/c1-11(2,18)5-6-17-10-7-8(12(14,15)16)3-4-9(10)13/h3-4,7,17-18H,5-6H2,1-2H3. The number of hydrogen-bond donors (Lipinski definition) is 2. The largest absolute Gasteiger partial charge is 0.416 e. The van der Waals surface area contributed by atoms with E-state index in [2.05, 4.69) is 5.32 Å². The van der Waals surface area contributed by atoms with Crippen LogP contribution in [-0.4, -0.2) is 17.3 Å². The Labute approximate surface area is 109 Å². The van der Waals surface area contributed by atoms with Crippen LogP contribution in [0.3, 0.4) is 0 Å². The van der Waals surface area contributed by atoms with Crippen molar-refractivity contribution in [3.8, 4) is 0 Å². The molecule has 0 fully saturated rings. The molecule has 0 radical (unpaired) electrons. The molecule has 0 aromatic heterocycles. The molecule has 2 N–H and O–H groups in total. The topological polar surface area (TPSA) is 32.3 Å². The fraction of sp³-hybridized carbons (Fsp3) is 0.500. The van der Waals surface area contributed by atoms with E-state index in [1.165, 1.54) is 6.07 Å². The van der Waals surface area contributed by atoms with Gasteiger partial charge in [0.1, 0.15) is 0 Å². The molecule has 2 nitrogen and oxygen atoms in total. The van der Waals surface area contributed by atoms with Gasteiger partial charge >= 0.3 is 6.18 Å². The van der Waals surface area contributed by atoms with Crippen LogP contribution < -0.4 is 5.32 Å². The van der Waals surface area contributed by atoms with Crippen molar-refractivity contribution in [1.29, 1.82) is 0 Å². The maximum Gasteiger partial charge on any atom is 0.416 e. The molecular formula is C12H15ClF3NO. The zero-order valence-electron chi connectivity index (χ0n) is 10.1. The van der Waals surface area contributed by atoms with Crippen molar-refractivity contribution in [3.63, 3.8) is 0 Å². The maximum absolute atomic E-state index is 12.5. The van der Waals surface area contributed by atoms with Gasteiger partial charge in [-0.05, 0) is 38.5 Å². The van der Waals surface area contributed by atoms with Gasteiger partial charge in [-0.15, -0.1) is 0 Å². The van der Waals surface area contributed by atoms with Gasteiger partial charge in [-0.3, -0.25) is 0 Å². The molecule has 0 bridgehead atoms. The van der Waals surface area contributed by atoms with Crippen LogP contribution in [0.1, 0.15) is 25.8 Å². The molecule has 0 amide bonds. The summed E-state index contributed by atoms with van der Waals surface area (Å²) in [4.78, 5) is 0. The third-order valence-corrected chi connectivity index (χ3v) is 2.68. The minimum Gasteiger partial charge on any atom is -0.390 e. The number of hydrogen-bond acceptors (Lipinski definition) is 2. The smallest absolute Gasteiger partial charge is 0.390 e. The molecule has 0 aliphatic rings. The lowest BCUT2D eigenvalue weighted by Gasteiger charge is -2.18. The average molecular weight is 282 g/mol. The summed E-state index contributed by atoms with van der Waals surface area (Å²) in [6, 6.07) is 3.10. The first-order valence-corrected chi connectivity index (χ1v) is 5.80. The Morgan fingerprint density at radius 2 is 1.89 bits per heavy atom. The molecule has 0 aliphatic carbocycles. The number of nitrogens with one attached hydrogen (secondary N) is 1. The molecule has 0 atom stereocenters. The Morgan fingerprint density at radius 1 is 1.28 bits per heavy atom. The van der Waals surface area contributed by atoms with Crippen molar-refractivity contribution in [1.82, 2.24) is 0 Å². The van der Waals surface area contributed by atoms with Crippen LogP contribution in [0, 0.1) is 0 Å². The van der Waals surface area contributed by atoms with Gasteiger partial charge in [0, 0.05) is 6.54 Å². The normalized spacial score (nSPS) is 12.6. The first-order chi connectivity index (χ1) is 8.09. The van der Waals surface area contributed by atoms with Crippen molar-refractivity contribution >= 4 is 17.3 Å². The Balaban J connectivity index is 2.76. The van der Waals surface area contributed by atoms with Crippen LogP contribution in [0.15, 0.2) is 18.2 Å². The van der Waals surface area contributed by atoms with Crippen LogP contribution >= 0.6 is 11.6 Å². The van der Waals surface area contributed by atoms with Crippen LogP contribution in [0.25, 0.3) is 0 Å². The second-order valence-corrected chi connectivity index (χ2v) is 5.09. The third-order valence-electron chi connectivity index (χ3n) is 2.35. The van der Waals surface area contributed by atoms with Gasteiger partial charge in [-0.25, -0.2) is 0 Å². The molecular weight excluding hydrogens is 267 g/mol. The summed E-state index contributed by atoms with van der Waals surface area (Å²) in [7, 11) is 0. The number of benzene rings is 1. The second kappa shape index (κ2) is 5.36. The lowest BCUT2D eigenvalue weighted by Crippen LogP contribution is -2.22. The lowest BCUT2D eigenvalue weighted by molar-refractivity contribution is -0.137. The number of anilines is 1. The van der Waals surface area contributed by atoms with E-state index in [-0.39, 0.29) is 10.7 Å². The quantitative estimate of drug-likeness (QED) is 0.876. The van der Waals surface area contributed by atoms with Crippen molar-refractivity contribution < 1.29 is 18.3 Å². The summed E-state index contributed by atoms with van der Waals surface area (Å²) in [6.45, 7) is 3.59. The second-order valence-electron chi connectivity index (χ2n) is 4.68. The summed E-state index contributed by atoms with van der Waals surface area (Å²) in [5, 5.41) is 12.5. The van der Waals surface area contributed by atoms with E-state index in [0.29, 0.717) is 13.0 Å². The minimum atomic E-state index is -4.39. The zero-order chi connectivity index (χ0) is 14.0. The molecule has 1 aromatic rings. The Kier molecular flexibility index (Phi) is 4.50. The number of halogens is 4. The van der Waals surface area contributed by atoms with Crippen LogP contribution in [0.5, 0.6) is 0 Å². The first kappa shape index (κ1) is 15.1. The summed E-state index contributed by atoms with van der Waals surface area (Å²) in [5.41, 5.74) is -1.41. The molecule has 1 aromatic carbocycles. The summed E-state index contributed by atoms with van der Waals surface area (Å²) in [5.74, 6) is 0. The highest BCUT2D eigenvalue weighted by molar-refractivity contribution is 6.33. The fourth-order valence-corrected chi connectivity index (χ4v) is 1.52. The van der Waals surface area contributed by atoms with Gasteiger partial charge in [0.2, 0.25) is 0 Å². The molecule has 0 unspecified atom stereocenters. The van der Waals surface area contributed by atoms with Gasteiger partial charge in [0.15, 0.2) is 0 Å². The van der Waals surface area contributed by atoms with E-state index in [1.54, 1.807) is 13.8 Å². The molecule has 0 heterocycles. The SMILES string of the molecule is CC(C)(O)CCNc1cc(C(F)(F)F)ccc1Cl. The highest BCUT2D eigenvalue weighted by Crippen LogP contribution is 2.33. The fourth-order valence-electron chi connectivity index (χ4n) is 1.34. The number of aliphatic hydroxyl groups is 1. The molecule has 0 saturated heterocycles. The van der Waals surface area contributed by atoms with E-state index in [1.807, 2.05) is 0 Å². The highest BCUT2D eigenvalue weighted by atomic mass is 35.5. The van der Waals surface area contributed by atoms with Crippen LogP contribution in [0.2, 0.25) is 5.02 Å². The Bertz CT molecular complexity index is 413. The van der Waals surface area contributed by atoms with Crippen LogP contribution in [-0.2, 0) is 6.18 Å². The molecule has 0 spiro atoms. The van der Waals surface area contributed by atoms with Crippen molar-refractivity contribution in [2.45, 2.75) is 32.0 Å². The van der Waals surface area contributed by atoms with Crippen molar-refractivity contribution in [2.75, 3.05) is 11.9 Å². The van der Waals surface area contributed by atoms with E-state index >= 15 is 0 Å². The minimum absolute atomic E-state index is 0.218. The molecule has 0 saturated carbocycles. The molecule has 102 valence electrons. The predicted octanol–water partition coefficient (Wildman–Crippen LogP) is 3.93. The van der Waals surface area contributed by atoms with E-state index in [9.17, 15) is 18.3 Å². The first-order valence-electron chi connectivity index (χ1n) is 5.42. The van der Waals surface area contributed by atoms with Gasteiger partial charge in [-0.2, -0.15) is 13.2 Å². The van der Waals surface area contributed by atoms with Gasteiger partial charge in [0.25, 0.3) is 0 Å². The lowest BCUT2D eigenvalue weighted by atomic mass is 10.1. The zero-order valence-corrected chi connectivity index (χ0v) is 10.9. The third kappa shape index (κ3) is 4.74. The van der Waals surface area contributed by atoms with E-state index < -0.39 is 17.3 Å². The Hall–Kier alpha value is -0.940. The van der Waals surface area contributed by atoms with Crippen molar-refractivity contribution in [2.24, 2.45) is 0 Å². The molecule has 18 heavy (non-hydrogen) atoms. The molecule has 1 rings (SSSR count). The van der Waals surface area contributed by atoms with Gasteiger partial charge in [0.05, 0.1) is 21.9 Å². The number of alkyl halides is 3. The summed E-state index contributed by atoms with van der Waals surface area (Å²) >= 11 is 5.80. The van der Waals surface area contributed by atoms with Gasteiger partial charge < -0.3 is 10.4 Å². The Morgan fingerprint density at radius 3 is 2.39 bits per heavy atom. The van der Waals surface area contributed by atoms with Crippen molar-refractivity contribution in [3.05, 3.63) is 28.8 Å². The van der Waals surface area contributed by atoms with E-state index in [0.717, 1.165) is 12.1 Å². The van der Waals surface area contributed by atoms with Crippen LogP contribution in [0.4, 0.5) is 18.9 Å². The summed E-state index contributed by atoms with van der Waals surface area (Å²) in [6.07, 6.45) is -3.99. The maximum atomic E-state index is 12.5. The monoisotopic (exact) mass is 281 g/mol. The molecule has 0 aliphatic heterocycles. The average Bonchev–Trinajstić information content (AvgIpc) is 2.17.